The predicted molar refractivity (Wildman–Crippen MR) is 130 cm³/mol. The van der Waals surface area contributed by atoms with E-state index in [2.05, 4.69) is 10.6 Å². The van der Waals surface area contributed by atoms with Gasteiger partial charge in [-0.3, -0.25) is 14.5 Å². The largest absolute Gasteiger partial charge is 0.342 e. The first-order valence-corrected chi connectivity index (χ1v) is 11.4. The van der Waals surface area contributed by atoms with Gasteiger partial charge in [0.1, 0.15) is 5.82 Å². The van der Waals surface area contributed by atoms with E-state index in [1.54, 1.807) is 36.4 Å². The van der Waals surface area contributed by atoms with Crippen LogP contribution >= 0.6 is 11.8 Å². The van der Waals surface area contributed by atoms with E-state index in [-0.39, 0.29) is 6.54 Å². The van der Waals surface area contributed by atoms with Crippen LogP contribution in [0.4, 0.5) is 9.18 Å². The number of nitrogens with zero attached hydrogens (tertiary/aromatic N) is 3. The molecule has 1 aliphatic rings. The van der Waals surface area contributed by atoms with Crippen molar-refractivity contribution in [2.24, 2.45) is 0 Å². The van der Waals surface area contributed by atoms with Crippen LogP contribution in [0.3, 0.4) is 0 Å². The highest BCUT2D eigenvalue weighted by atomic mass is 32.2. The lowest BCUT2D eigenvalue weighted by molar-refractivity contribution is -0.123. The summed E-state index contributed by atoms with van der Waals surface area (Å²) in [6, 6.07) is 23.5. The zero-order chi connectivity index (χ0) is 23.7. The first-order chi connectivity index (χ1) is 16.5. The first kappa shape index (κ1) is 21.7. The summed E-state index contributed by atoms with van der Waals surface area (Å²) in [4.78, 5) is 26.9. The summed E-state index contributed by atoms with van der Waals surface area (Å²) >= 11 is 0.864. The van der Waals surface area contributed by atoms with Gasteiger partial charge >= 0.3 is 0 Å². The molecule has 0 unspecified atom stereocenters. The van der Waals surface area contributed by atoms with Crippen molar-refractivity contribution in [3.8, 4) is 6.07 Å². The highest BCUT2D eigenvalue weighted by Gasteiger charge is 2.35. The zero-order valence-electron chi connectivity index (χ0n) is 17.9. The Kier molecular flexibility index (Phi) is 5.74. The van der Waals surface area contributed by atoms with Crippen LogP contribution in [-0.4, -0.2) is 20.6 Å². The molecule has 0 atom stereocenters. The van der Waals surface area contributed by atoms with E-state index in [0.29, 0.717) is 22.6 Å². The third-order valence-electron chi connectivity index (χ3n) is 5.70. The summed E-state index contributed by atoms with van der Waals surface area (Å²) in [5.74, 6) is -0.876. The molecule has 34 heavy (non-hydrogen) atoms. The van der Waals surface area contributed by atoms with Gasteiger partial charge in [0.05, 0.1) is 23.1 Å². The van der Waals surface area contributed by atoms with Crippen LogP contribution in [-0.2, 0) is 17.9 Å². The Morgan fingerprint density at radius 1 is 0.941 bits per heavy atom. The highest BCUT2D eigenvalue weighted by molar-refractivity contribution is 8.18. The van der Waals surface area contributed by atoms with Crippen molar-refractivity contribution in [1.29, 1.82) is 5.26 Å². The standard InChI is InChI=1S/C27H18FN3O2S/c28-23-7-3-1-5-20(23)17-31-26(32)25(34-27(31)33)13-21-16-30(24-8-4-2-6-22(21)24)15-19-11-9-18(14-29)10-12-19/h1-13,16H,15,17H2/b25-13-. The second-order valence-corrected chi connectivity index (χ2v) is 8.89. The molecule has 3 aromatic carbocycles. The molecular formula is C27H18FN3O2S. The summed E-state index contributed by atoms with van der Waals surface area (Å²) in [5.41, 5.74) is 3.75. The maximum atomic E-state index is 14.1. The second-order valence-electron chi connectivity index (χ2n) is 7.90. The van der Waals surface area contributed by atoms with Crippen LogP contribution in [0.15, 0.2) is 83.9 Å². The van der Waals surface area contributed by atoms with Crippen LogP contribution in [0.25, 0.3) is 17.0 Å². The number of nitriles is 1. The Labute approximate surface area is 199 Å². The summed E-state index contributed by atoms with van der Waals surface area (Å²) in [7, 11) is 0. The van der Waals surface area contributed by atoms with Gasteiger partial charge in [-0.25, -0.2) is 4.39 Å². The van der Waals surface area contributed by atoms with Crippen molar-refractivity contribution < 1.29 is 14.0 Å². The maximum absolute atomic E-state index is 14.1. The quantitative estimate of drug-likeness (QED) is 0.341. The number of benzene rings is 3. The van der Waals surface area contributed by atoms with Gasteiger partial charge in [-0.05, 0) is 47.7 Å². The molecule has 2 heterocycles. The molecule has 0 aliphatic carbocycles. The number of hydrogen-bond acceptors (Lipinski definition) is 4. The number of halogens is 1. The fourth-order valence-electron chi connectivity index (χ4n) is 3.98. The fraction of sp³-hybridized carbons (Fsp3) is 0.0741. The van der Waals surface area contributed by atoms with Crippen LogP contribution in [0.2, 0.25) is 0 Å². The molecule has 1 fully saturated rings. The van der Waals surface area contributed by atoms with Crippen molar-refractivity contribution >= 4 is 39.9 Å². The number of thioether (sulfide) groups is 1. The minimum atomic E-state index is -0.448. The Morgan fingerprint density at radius 3 is 2.44 bits per heavy atom. The summed E-state index contributed by atoms with van der Waals surface area (Å²) in [5, 5.41) is 9.56. The lowest BCUT2D eigenvalue weighted by Crippen LogP contribution is -2.27. The fourth-order valence-corrected chi connectivity index (χ4v) is 4.81. The number of hydrogen-bond donors (Lipinski definition) is 0. The van der Waals surface area contributed by atoms with Crippen LogP contribution in [0.5, 0.6) is 0 Å². The third kappa shape index (κ3) is 4.12. The molecule has 0 spiro atoms. The number of imide groups is 1. The second kappa shape index (κ2) is 9.00. The van der Waals surface area contributed by atoms with Crippen LogP contribution < -0.4 is 0 Å². The van der Waals surface area contributed by atoms with Crippen LogP contribution in [0.1, 0.15) is 22.3 Å². The molecule has 0 N–H and O–H groups in total. The highest BCUT2D eigenvalue weighted by Crippen LogP contribution is 2.35. The van der Waals surface area contributed by atoms with Crippen molar-refractivity contribution in [3.63, 3.8) is 0 Å². The molecule has 1 aromatic heterocycles. The van der Waals surface area contributed by atoms with Crippen LogP contribution in [0, 0.1) is 17.1 Å². The molecule has 5 nitrogen and oxygen atoms in total. The SMILES string of the molecule is N#Cc1ccc(Cn2cc(/C=C3\SC(=O)N(Cc4ccccc4F)C3=O)c3ccccc32)cc1. The Morgan fingerprint density at radius 2 is 1.68 bits per heavy atom. The molecule has 0 bridgehead atoms. The van der Waals surface area contributed by atoms with E-state index in [0.717, 1.165) is 38.7 Å². The minimum absolute atomic E-state index is 0.102. The van der Waals surface area contributed by atoms with Gasteiger partial charge in [0.2, 0.25) is 0 Å². The average Bonchev–Trinajstić information content (AvgIpc) is 3.33. The number of para-hydroxylation sites is 1. The van der Waals surface area contributed by atoms with Gasteiger partial charge < -0.3 is 4.57 Å². The minimum Gasteiger partial charge on any atom is -0.342 e. The summed E-state index contributed by atoms with van der Waals surface area (Å²) < 4.78 is 16.1. The summed E-state index contributed by atoms with van der Waals surface area (Å²) in [6.07, 6.45) is 3.68. The Balaban J connectivity index is 1.46. The van der Waals surface area contributed by atoms with E-state index in [9.17, 15) is 14.0 Å². The molecule has 0 radical (unpaired) electrons. The molecule has 7 heteroatoms. The van der Waals surface area contributed by atoms with Crippen molar-refractivity contribution in [2.45, 2.75) is 13.1 Å². The molecular weight excluding hydrogens is 449 g/mol. The smallest absolute Gasteiger partial charge is 0.293 e. The Hall–Kier alpha value is -4.15. The number of fused-ring (bicyclic) bond motifs is 1. The lowest BCUT2D eigenvalue weighted by Gasteiger charge is -2.12. The molecule has 2 amide bonds. The van der Waals surface area contributed by atoms with Gasteiger partial charge in [-0.2, -0.15) is 5.26 Å². The molecule has 166 valence electrons. The number of rotatable bonds is 5. The van der Waals surface area contributed by atoms with Gasteiger partial charge in [0.25, 0.3) is 11.1 Å². The molecule has 4 aromatic rings. The molecule has 5 rings (SSSR count). The van der Waals surface area contributed by atoms with E-state index in [1.165, 1.54) is 6.07 Å². The first-order valence-electron chi connectivity index (χ1n) is 10.6. The zero-order valence-corrected chi connectivity index (χ0v) is 18.8. The Bertz CT molecular complexity index is 1500. The van der Waals surface area contributed by atoms with Crippen molar-refractivity contribution in [3.05, 3.63) is 112 Å². The van der Waals surface area contributed by atoms with E-state index in [4.69, 9.17) is 5.26 Å². The molecule has 1 aliphatic heterocycles. The van der Waals surface area contributed by atoms with Gasteiger partial charge in [-0.15, -0.1) is 0 Å². The topological polar surface area (TPSA) is 66.1 Å². The van der Waals surface area contributed by atoms with Gasteiger partial charge in [0.15, 0.2) is 0 Å². The lowest BCUT2D eigenvalue weighted by atomic mass is 10.1. The summed E-state index contributed by atoms with van der Waals surface area (Å²) in [6.45, 7) is 0.490. The normalized spacial score (nSPS) is 14.8. The van der Waals surface area contributed by atoms with E-state index >= 15 is 0 Å². The maximum Gasteiger partial charge on any atom is 0.293 e. The number of amides is 2. The van der Waals surface area contributed by atoms with E-state index in [1.807, 2.05) is 42.6 Å². The predicted octanol–water partition coefficient (Wildman–Crippen LogP) is 5.94. The number of aromatic nitrogens is 1. The average molecular weight is 468 g/mol. The third-order valence-corrected chi connectivity index (χ3v) is 6.61. The number of carbonyl (C=O) groups is 2. The monoisotopic (exact) mass is 467 g/mol. The van der Waals surface area contributed by atoms with E-state index < -0.39 is 17.0 Å². The van der Waals surface area contributed by atoms with Gasteiger partial charge in [-0.1, -0.05) is 48.5 Å². The molecule has 0 saturated carbocycles. The molecule has 1 saturated heterocycles. The van der Waals surface area contributed by atoms with Crippen molar-refractivity contribution in [2.75, 3.05) is 0 Å². The number of carbonyl (C=O) groups excluding carboxylic acids is 2. The van der Waals surface area contributed by atoms with Crippen molar-refractivity contribution in [1.82, 2.24) is 9.47 Å². The van der Waals surface area contributed by atoms with Gasteiger partial charge in [0, 0.05) is 34.8 Å².